The fraction of sp³-hybridized carbons (Fsp3) is 0.188. The fourth-order valence-electron chi connectivity index (χ4n) is 1.79. The molecule has 0 aliphatic heterocycles. The van der Waals surface area contributed by atoms with E-state index < -0.39 is 12.1 Å². The third-order valence-corrected chi connectivity index (χ3v) is 2.90. The summed E-state index contributed by atoms with van der Waals surface area (Å²) < 4.78 is 5.07. The quantitative estimate of drug-likeness (QED) is 0.643. The van der Waals surface area contributed by atoms with E-state index in [4.69, 9.17) is 10.5 Å². The molecule has 0 amide bonds. The SMILES string of the molecule is Nc1ccc(CC(O)C(=O)OCc2ccccc2)cc1. The highest BCUT2D eigenvalue weighted by Crippen LogP contribution is 2.09. The average molecular weight is 271 g/mol. The summed E-state index contributed by atoms with van der Waals surface area (Å²) in [5.74, 6) is -0.620. The van der Waals surface area contributed by atoms with Crippen molar-refractivity contribution >= 4 is 11.7 Å². The normalized spacial score (nSPS) is 11.8. The Labute approximate surface area is 117 Å². The molecule has 0 radical (unpaired) electrons. The number of nitrogens with two attached hydrogens (primary N) is 1. The van der Waals surface area contributed by atoms with Crippen LogP contribution in [0, 0.1) is 0 Å². The van der Waals surface area contributed by atoms with Crippen molar-refractivity contribution in [3.63, 3.8) is 0 Å². The largest absolute Gasteiger partial charge is 0.459 e. The summed E-state index contributed by atoms with van der Waals surface area (Å²) >= 11 is 0. The average Bonchev–Trinajstić information content (AvgIpc) is 2.48. The first-order chi connectivity index (χ1) is 9.65. The Morgan fingerprint density at radius 3 is 2.35 bits per heavy atom. The number of ether oxygens (including phenoxy) is 1. The maximum atomic E-state index is 11.7. The first kappa shape index (κ1) is 14.1. The fourth-order valence-corrected chi connectivity index (χ4v) is 1.79. The molecule has 104 valence electrons. The molecule has 0 spiro atoms. The lowest BCUT2D eigenvalue weighted by Gasteiger charge is -2.11. The number of carbonyl (C=O) groups excluding carboxylic acids is 1. The minimum Gasteiger partial charge on any atom is -0.459 e. The molecule has 3 N–H and O–H groups in total. The maximum absolute atomic E-state index is 11.7. The van der Waals surface area contributed by atoms with Crippen LogP contribution in [0.25, 0.3) is 0 Å². The van der Waals surface area contributed by atoms with Crippen LogP contribution in [0.5, 0.6) is 0 Å². The van der Waals surface area contributed by atoms with E-state index in [1.807, 2.05) is 30.3 Å². The van der Waals surface area contributed by atoms with Crippen molar-refractivity contribution in [1.29, 1.82) is 0 Å². The molecule has 4 nitrogen and oxygen atoms in total. The molecule has 20 heavy (non-hydrogen) atoms. The van der Waals surface area contributed by atoms with Crippen LogP contribution < -0.4 is 5.73 Å². The smallest absolute Gasteiger partial charge is 0.335 e. The van der Waals surface area contributed by atoms with E-state index in [1.54, 1.807) is 24.3 Å². The molecule has 0 saturated carbocycles. The van der Waals surface area contributed by atoms with Crippen LogP contribution in [0.2, 0.25) is 0 Å². The minimum atomic E-state index is -1.16. The van der Waals surface area contributed by atoms with Crippen molar-refractivity contribution in [3.05, 3.63) is 65.7 Å². The van der Waals surface area contributed by atoms with Crippen LogP contribution in [0.15, 0.2) is 54.6 Å². The van der Waals surface area contributed by atoms with Gasteiger partial charge in [0.05, 0.1) is 0 Å². The van der Waals surface area contributed by atoms with Crippen molar-refractivity contribution in [2.75, 3.05) is 5.73 Å². The van der Waals surface area contributed by atoms with Gasteiger partial charge in [-0.1, -0.05) is 42.5 Å². The predicted molar refractivity (Wildman–Crippen MR) is 76.8 cm³/mol. The van der Waals surface area contributed by atoms with E-state index in [1.165, 1.54) is 0 Å². The van der Waals surface area contributed by atoms with Crippen molar-refractivity contribution < 1.29 is 14.6 Å². The van der Waals surface area contributed by atoms with Crippen LogP contribution in [-0.4, -0.2) is 17.2 Å². The molecule has 0 heterocycles. The number of anilines is 1. The van der Waals surface area contributed by atoms with Gasteiger partial charge in [-0.15, -0.1) is 0 Å². The third kappa shape index (κ3) is 4.10. The van der Waals surface area contributed by atoms with Gasteiger partial charge in [0.1, 0.15) is 6.61 Å². The Morgan fingerprint density at radius 1 is 1.05 bits per heavy atom. The Hall–Kier alpha value is -2.33. The van der Waals surface area contributed by atoms with E-state index in [0.717, 1.165) is 11.1 Å². The molecule has 0 fully saturated rings. The summed E-state index contributed by atoms with van der Waals surface area (Å²) in [5.41, 5.74) is 7.95. The number of hydrogen-bond acceptors (Lipinski definition) is 4. The van der Waals surface area contributed by atoms with Crippen molar-refractivity contribution in [1.82, 2.24) is 0 Å². The summed E-state index contributed by atoms with van der Waals surface area (Å²) in [7, 11) is 0. The molecule has 0 saturated heterocycles. The molecule has 0 aliphatic carbocycles. The zero-order valence-electron chi connectivity index (χ0n) is 11.0. The predicted octanol–water partition coefficient (Wildman–Crippen LogP) is 1.92. The molecular weight excluding hydrogens is 254 g/mol. The minimum absolute atomic E-state index is 0.165. The van der Waals surface area contributed by atoms with E-state index in [-0.39, 0.29) is 13.0 Å². The van der Waals surface area contributed by atoms with Crippen molar-refractivity contribution in [2.45, 2.75) is 19.1 Å². The lowest BCUT2D eigenvalue weighted by atomic mass is 10.1. The molecule has 2 rings (SSSR count). The molecule has 0 bridgehead atoms. The molecule has 0 aliphatic rings. The van der Waals surface area contributed by atoms with E-state index >= 15 is 0 Å². The Bertz CT molecular complexity index is 552. The summed E-state index contributed by atoms with van der Waals surface area (Å²) in [5, 5.41) is 9.81. The molecule has 4 heteroatoms. The van der Waals surface area contributed by atoms with Gasteiger partial charge in [0.2, 0.25) is 0 Å². The third-order valence-electron chi connectivity index (χ3n) is 2.90. The molecular formula is C16H17NO3. The number of aliphatic hydroxyl groups excluding tert-OH is 1. The lowest BCUT2D eigenvalue weighted by Crippen LogP contribution is -2.25. The highest BCUT2D eigenvalue weighted by molar-refractivity contribution is 5.74. The number of benzene rings is 2. The van der Waals surface area contributed by atoms with Gasteiger partial charge in [-0.3, -0.25) is 0 Å². The highest BCUT2D eigenvalue weighted by Gasteiger charge is 2.17. The second-order valence-corrected chi connectivity index (χ2v) is 4.55. The van der Waals surface area contributed by atoms with Crippen LogP contribution in [0.1, 0.15) is 11.1 Å². The van der Waals surface area contributed by atoms with E-state index in [0.29, 0.717) is 5.69 Å². The van der Waals surface area contributed by atoms with Crippen molar-refractivity contribution in [3.8, 4) is 0 Å². The topological polar surface area (TPSA) is 72.5 Å². The standard InChI is InChI=1S/C16H17NO3/c17-14-8-6-12(7-9-14)10-15(18)16(19)20-11-13-4-2-1-3-5-13/h1-9,15,18H,10-11,17H2. The monoisotopic (exact) mass is 271 g/mol. The second-order valence-electron chi connectivity index (χ2n) is 4.55. The van der Waals surface area contributed by atoms with Gasteiger partial charge in [0.15, 0.2) is 6.10 Å². The van der Waals surface area contributed by atoms with E-state index in [9.17, 15) is 9.90 Å². The summed E-state index contributed by atoms with van der Waals surface area (Å²) in [4.78, 5) is 11.7. The van der Waals surface area contributed by atoms with Gasteiger partial charge in [-0.05, 0) is 23.3 Å². The van der Waals surface area contributed by atoms with Gasteiger partial charge < -0.3 is 15.6 Å². The van der Waals surface area contributed by atoms with Crippen LogP contribution in [0.3, 0.4) is 0 Å². The highest BCUT2D eigenvalue weighted by atomic mass is 16.5. The van der Waals surface area contributed by atoms with Crippen LogP contribution in [0.4, 0.5) is 5.69 Å². The molecule has 1 atom stereocenters. The molecule has 1 unspecified atom stereocenters. The zero-order chi connectivity index (χ0) is 14.4. The van der Waals surface area contributed by atoms with Gasteiger partial charge in [0.25, 0.3) is 0 Å². The Morgan fingerprint density at radius 2 is 1.70 bits per heavy atom. The van der Waals surface area contributed by atoms with E-state index in [2.05, 4.69) is 0 Å². The first-order valence-corrected chi connectivity index (χ1v) is 6.38. The Balaban J connectivity index is 1.84. The number of nitrogen functional groups attached to an aromatic ring is 1. The number of aliphatic hydroxyl groups is 1. The van der Waals surface area contributed by atoms with Gasteiger partial charge in [-0.25, -0.2) is 4.79 Å². The second kappa shape index (κ2) is 6.73. The molecule has 2 aromatic carbocycles. The number of hydrogen-bond donors (Lipinski definition) is 2. The maximum Gasteiger partial charge on any atom is 0.335 e. The van der Waals surface area contributed by atoms with Gasteiger partial charge in [-0.2, -0.15) is 0 Å². The number of esters is 1. The molecule has 0 aromatic heterocycles. The van der Waals surface area contributed by atoms with Gasteiger partial charge >= 0.3 is 5.97 Å². The van der Waals surface area contributed by atoms with Crippen LogP contribution in [-0.2, 0) is 22.6 Å². The zero-order valence-corrected chi connectivity index (χ0v) is 11.0. The first-order valence-electron chi connectivity index (χ1n) is 6.38. The number of carbonyl (C=O) groups is 1. The Kier molecular flexibility index (Phi) is 4.74. The van der Waals surface area contributed by atoms with Crippen LogP contribution >= 0.6 is 0 Å². The summed E-state index contributed by atoms with van der Waals surface area (Å²) in [6.07, 6.45) is -0.948. The lowest BCUT2D eigenvalue weighted by molar-refractivity contribution is -0.154. The van der Waals surface area contributed by atoms with Gasteiger partial charge in [0, 0.05) is 12.1 Å². The molecule has 2 aromatic rings. The summed E-state index contributed by atoms with van der Waals surface area (Å²) in [6.45, 7) is 0.165. The summed E-state index contributed by atoms with van der Waals surface area (Å²) in [6, 6.07) is 16.4. The van der Waals surface area contributed by atoms with Crippen molar-refractivity contribution in [2.24, 2.45) is 0 Å². The number of rotatable bonds is 5.